The molecule has 1 aliphatic carbocycles. The van der Waals surface area contributed by atoms with Crippen LogP contribution in [0.3, 0.4) is 0 Å². The summed E-state index contributed by atoms with van der Waals surface area (Å²) >= 11 is 0. The molecule has 0 aromatic carbocycles. The normalized spacial score (nSPS) is 21.7. The minimum absolute atomic E-state index is 0.256. The maximum absolute atomic E-state index is 11.9. The van der Waals surface area contributed by atoms with E-state index in [-0.39, 0.29) is 6.04 Å². The highest BCUT2D eigenvalue weighted by Crippen LogP contribution is 2.20. The fourth-order valence-electron chi connectivity index (χ4n) is 2.50. The molecule has 0 spiro atoms. The zero-order chi connectivity index (χ0) is 11.8. The van der Waals surface area contributed by atoms with Crippen molar-refractivity contribution in [1.29, 1.82) is 0 Å². The van der Waals surface area contributed by atoms with Crippen molar-refractivity contribution in [2.45, 2.75) is 71.3 Å². The molecule has 1 fully saturated rings. The van der Waals surface area contributed by atoms with Crippen LogP contribution in [0.2, 0.25) is 0 Å². The first-order chi connectivity index (χ1) is 7.79. The fraction of sp³-hybridized carbons (Fsp3) is 0.929. The predicted molar refractivity (Wildman–Crippen MR) is 68.7 cm³/mol. The van der Waals surface area contributed by atoms with Crippen LogP contribution in [0.15, 0.2) is 0 Å². The molecule has 0 aromatic rings. The highest BCUT2D eigenvalue weighted by atomic mass is 16.1. The highest BCUT2D eigenvalue weighted by molar-refractivity contribution is 5.84. The number of unbranched alkanes of at least 4 members (excludes halogenated alkanes) is 2. The van der Waals surface area contributed by atoms with Crippen LogP contribution < -0.4 is 0 Å². The van der Waals surface area contributed by atoms with Crippen LogP contribution in [-0.2, 0) is 4.79 Å². The van der Waals surface area contributed by atoms with E-state index in [9.17, 15) is 4.79 Å². The molecule has 0 bridgehead atoms. The Labute approximate surface area is 100 Å². The van der Waals surface area contributed by atoms with Gasteiger partial charge in [0.05, 0.1) is 6.04 Å². The molecule has 0 aromatic heterocycles. The Morgan fingerprint density at radius 2 is 1.75 bits per heavy atom. The summed E-state index contributed by atoms with van der Waals surface area (Å²) in [7, 11) is 0. The number of rotatable bonds is 7. The lowest BCUT2D eigenvalue weighted by molar-refractivity contribution is -0.126. The lowest BCUT2D eigenvalue weighted by Crippen LogP contribution is -2.43. The van der Waals surface area contributed by atoms with Gasteiger partial charge in [0.2, 0.25) is 0 Å². The summed E-state index contributed by atoms with van der Waals surface area (Å²) in [4.78, 5) is 14.4. The second-order valence-corrected chi connectivity index (χ2v) is 4.97. The molecule has 1 saturated carbocycles. The van der Waals surface area contributed by atoms with Crippen molar-refractivity contribution in [2.75, 3.05) is 13.1 Å². The first kappa shape index (κ1) is 13.7. The Bertz CT molecular complexity index is 195. The molecule has 0 aliphatic heterocycles. The van der Waals surface area contributed by atoms with Gasteiger partial charge in [-0.25, -0.2) is 0 Å². The molecule has 1 unspecified atom stereocenters. The molecule has 94 valence electrons. The summed E-state index contributed by atoms with van der Waals surface area (Å²) in [5.74, 6) is 0.499. The van der Waals surface area contributed by atoms with E-state index in [0.29, 0.717) is 5.78 Å². The van der Waals surface area contributed by atoms with Crippen LogP contribution in [0.4, 0.5) is 0 Å². The van der Waals surface area contributed by atoms with E-state index in [4.69, 9.17) is 0 Å². The number of Topliss-reactive ketones (excluding diaryl/α,β-unsaturated/α-hetero) is 1. The maximum Gasteiger partial charge on any atom is 0.149 e. The molecule has 0 radical (unpaired) electrons. The minimum Gasteiger partial charge on any atom is -0.298 e. The van der Waals surface area contributed by atoms with Crippen molar-refractivity contribution >= 4 is 5.78 Å². The molecule has 0 N–H and O–H groups in total. The Morgan fingerprint density at radius 3 is 2.25 bits per heavy atom. The minimum atomic E-state index is 0.256. The molecule has 1 aliphatic rings. The van der Waals surface area contributed by atoms with Gasteiger partial charge in [0, 0.05) is 6.42 Å². The Hall–Kier alpha value is -0.370. The highest BCUT2D eigenvalue weighted by Gasteiger charge is 2.27. The largest absolute Gasteiger partial charge is 0.298 e. The van der Waals surface area contributed by atoms with E-state index in [1.54, 1.807) is 0 Å². The average molecular weight is 225 g/mol. The average Bonchev–Trinajstić information content (AvgIpc) is 2.31. The first-order valence-corrected chi connectivity index (χ1v) is 7.06. The molecule has 16 heavy (non-hydrogen) atoms. The van der Waals surface area contributed by atoms with Gasteiger partial charge in [0.1, 0.15) is 5.78 Å². The van der Waals surface area contributed by atoms with E-state index in [1.807, 2.05) is 0 Å². The van der Waals surface area contributed by atoms with Crippen LogP contribution in [0.1, 0.15) is 65.2 Å². The molecule has 2 heteroatoms. The summed E-state index contributed by atoms with van der Waals surface area (Å²) in [6.45, 7) is 6.68. The Balaban J connectivity index is 2.47. The molecule has 0 heterocycles. The van der Waals surface area contributed by atoms with Gasteiger partial charge in [-0.3, -0.25) is 9.69 Å². The van der Waals surface area contributed by atoms with Crippen molar-refractivity contribution < 1.29 is 4.79 Å². The quantitative estimate of drug-likeness (QED) is 0.662. The van der Waals surface area contributed by atoms with Gasteiger partial charge in [0.15, 0.2) is 0 Å². The lowest BCUT2D eigenvalue weighted by Gasteiger charge is -2.33. The first-order valence-electron chi connectivity index (χ1n) is 7.06. The third-order valence-corrected chi connectivity index (χ3v) is 3.56. The van der Waals surface area contributed by atoms with Crippen molar-refractivity contribution in [3.05, 3.63) is 0 Å². The summed E-state index contributed by atoms with van der Waals surface area (Å²) in [6.07, 6.45) is 9.19. The summed E-state index contributed by atoms with van der Waals surface area (Å²) in [5, 5.41) is 0. The topological polar surface area (TPSA) is 20.3 Å². The van der Waals surface area contributed by atoms with Gasteiger partial charge in [-0.15, -0.1) is 0 Å². The maximum atomic E-state index is 11.9. The van der Waals surface area contributed by atoms with Gasteiger partial charge >= 0.3 is 0 Å². The van der Waals surface area contributed by atoms with Gasteiger partial charge in [0.25, 0.3) is 0 Å². The Kier molecular flexibility index (Phi) is 6.70. The standard InChI is InChI=1S/C14H27NO/c1-3-5-11-15(12-6-4-2)13-9-7-8-10-14(13)16/h13H,3-12H2,1-2H3. The zero-order valence-electron chi connectivity index (χ0n) is 11.0. The Morgan fingerprint density at radius 1 is 1.12 bits per heavy atom. The second kappa shape index (κ2) is 7.83. The summed E-state index contributed by atoms with van der Waals surface area (Å²) in [5.41, 5.74) is 0. The van der Waals surface area contributed by atoms with Crippen molar-refractivity contribution in [2.24, 2.45) is 0 Å². The summed E-state index contributed by atoms with van der Waals surface area (Å²) in [6, 6.07) is 0.256. The van der Waals surface area contributed by atoms with Crippen LogP contribution >= 0.6 is 0 Å². The van der Waals surface area contributed by atoms with Crippen LogP contribution in [0.25, 0.3) is 0 Å². The lowest BCUT2D eigenvalue weighted by atomic mass is 9.92. The van der Waals surface area contributed by atoms with Crippen molar-refractivity contribution in [1.82, 2.24) is 4.90 Å². The molecule has 1 atom stereocenters. The number of hydrogen-bond donors (Lipinski definition) is 0. The predicted octanol–water partition coefficient (Wildman–Crippen LogP) is 3.40. The molecular formula is C14H27NO. The van der Waals surface area contributed by atoms with E-state index in [2.05, 4.69) is 18.7 Å². The van der Waals surface area contributed by atoms with Gasteiger partial charge in [-0.1, -0.05) is 33.1 Å². The summed E-state index contributed by atoms with van der Waals surface area (Å²) < 4.78 is 0. The number of nitrogens with zero attached hydrogens (tertiary/aromatic N) is 1. The van der Waals surface area contributed by atoms with Gasteiger partial charge in [-0.05, 0) is 38.8 Å². The van der Waals surface area contributed by atoms with Crippen molar-refractivity contribution in [3.8, 4) is 0 Å². The molecule has 0 saturated heterocycles. The van der Waals surface area contributed by atoms with Gasteiger partial charge < -0.3 is 0 Å². The van der Waals surface area contributed by atoms with E-state index < -0.39 is 0 Å². The molecule has 0 amide bonds. The number of hydrogen-bond acceptors (Lipinski definition) is 2. The second-order valence-electron chi connectivity index (χ2n) is 4.97. The third-order valence-electron chi connectivity index (χ3n) is 3.56. The van der Waals surface area contributed by atoms with E-state index in [0.717, 1.165) is 32.4 Å². The van der Waals surface area contributed by atoms with Crippen LogP contribution in [-0.4, -0.2) is 29.8 Å². The van der Waals surface area contributed by atoms with E-state index >= 15 is 0 Å². The molecular weight excluding hydrogens is 198 g/mol. The van der Waals surface area contributed by atoms with Crippen molar-refractivity contribution in [3.63, 3.8) is 0 Å². The number of carbonyl (C=O) groups excluding carboxylic acids is 1. The van der Waals surface area contributed by atoms with E-state index in [1.165, 1.54) is 32.1 Å². The zero-order valence-corrected chi connectivity index (χ0v) is 11.0. The smallest absolute Gasteiger partial charge is 0.149 e. The number of ketones is 1. The molecule has 1 rings (SSSR count). The SMILES string of the molecule is CCCCN(CCCC)C1CCCCC1=O. The number of carbonyl (C=O) groups is 1. The van der Waals surface area contributed by atoms with Crippen LogP contribution in [0, 0.1) is 0 Å². The van der Waals surface area contributed by atoms with Gasteiger partial charge in [-0.2, -0.15) is 0 Å². The van der Waals surface area contributed by atoms with Crippen LogP contribution in [0.5, 0.6) is 0 Å². The third kappa shape index (κ3) is 4.25. The fourth-order valence-corrected chi connectivity index (χ4v) is 2.50. The monoisotopic (exact) mass is 225 g/mol. The molecule has 2 nitrogen and oxygen atoms in total.